The second-order valence-electron chi connectivity index (χ2n) is 12.8. The quantitative estimate of drug-likeness (QED) is 0.157. The van der Waals surface area contributed by atoms with Crippen molar-refractivity contribution in [2.45, 2.75) is 47.0 Å². The third-order valence-electron chi connectivity index (χ3n) is 8.47. The number of methoxy groups -OCH3 is 1. The van der Waals surface area contributed by atoms with Gasteiger partial charge in [-0.1, -0.05) is 63.5 Å². The van der Waals surface area contributed by atoms with Gasteiger partial charge in [0.1, 0.15) is 11.6 Å². The fraction of sp³-hybridized carbons (Fsp3) is 0.200. The van der Waals surface area contributed by atoms with Crippen LogP contribution >= 0.6 is 0 Å². The average Bonchev–Trinajstić information content (AvgIpc) is 3.52. The summed E-state index contributed by atoms with van der Waals surface area (Å²) < 4.78 is 16.2. The molecule has 0 aliphatic heterocycles. The summed E-state index contributed by atoms with van der Waals surface area (Å²) in [4.78, 5) is 4.80. The van der Waals surface area contributed by atoms with Crippen LogP contribution in [0.4, 0.5) is 0 Å². The van der Waals surface area contributed by atoms with Crippen LogP contribution in [0.1, 0.15) is 43.3 Å². The minimum absolute atomic E-state index is 0. The Morgan fingerprint density at radius 1 is 0.787 bits per heavy atom. The second-order valence-corrected chi connectivity index (χ2v) is 12.8. The maximum Gasteiger partial charge on any atom is 2.00 e. The summed E-state index contributed by atoms with van der Waals surface area (Å²) in [5.41, 5.74) is 9.23. The van der Waals surface area contributed by atoms with Crippen molar-refractivity contribution in [1.82, 2.24) is 19.3 Å². The van der Waals surface area contributed by atoms with Gasteiger partial charge >= 0.3 is 21.1 Å². The molecular weight excluding hydrogens is 764 g/mol. The molecule has 0 unspecified atom stereocenters. The number of nitrogens with zero attached hydrogens (tertiary/aromatic N) is 4. The topological polar surface area (TPSA) is 54.1 Å². The maximum absolute atomic E-state index is 6.49. The molecule has 0 spiro atoms. The van der Waals surface area contributed by atoms with Gasteiger partial charge in [0, 0.05) is 34.5 Å². The fourth-order valence-electron chi connectivity index (χ4n) is 6.19. The smallest absolute Gasteiger partial charge is 0.509 e. The van der Waals surface area contributed by atoms with Crippen molar-refractivity contribution in [2.24, 2.45) is 0 Å². The van der Waals surface area contributed by atoms with Crippen molar-refractivity contribution in [3.8, 4) is 39.9 Å². The third kappa shape index (κ3) is 5.99. The number of fused-ring (bicyclic) bond motifs is 3. The van der Waals surface area contributed by atoms with E-state index < -0.39 is 0 Å². The number of pyridine rings is 1. The zero-order valence-corrected chi connectivity index (χ0v) is 29.9. The van der Waals surface area contributed by atoms with Crippen LogP contribution in [0, 0.1) is 32.9 Å². The van der Waals surface area contributed by atoms with Crippen LogP contribution in [-0.4, -0.2) is 26.4 Å². The molecule has 47 heavy (non-hydrogen) atoms. The Labute approximate surface area is 290 Å². The molecule has 238 valence electrons. The zero-order chi connectivity index (χ0) is 32.2. The monoisotopic (exact) mass is 799 g/mol. The second kappa shape index (κ2) is 12.5. The Balaban J connectivity index is 0.00000386. The first kappa shape index (κ1) is 32.3. The number of ether oxygens (including phenoxy) is 2. The van der Waals surface area contributed by atoms with Gasteiger partial charge in [-0.3, -0.25) is 4.68 Å². The largest absolute Gasteiger partial charge is 2.00 e. The molecule has 0 radical (unpaired) electrons. The molecule has 0 N–H and O–H groups in total. The molecular formula is C40H36N4O2Pt. The maximum atomic E-state index is 6.49. The van der Waals surface area contributed by atoms with Gasteiger partial charge in [-0.2, -0.15) is 16.7 Å². The summed E-state index contributed by atoms with van der Waals surface area (Å²) in [6.07, 6.45) is 1.88. The normalized spacial score (nSPS) is 11.6. The first-order chi connectivity index (χ1) is 22.1. The van der Waals surface area contributed by atoms with Crippen LogP contribution in [0.25, 0.3) is 44.4 Å². The van der Waals surface area contributed by atoms with E-state index in [1.807, 2.05) is 42.1 Å². The van der Waals surface area contributed by atoms with Crippen LogP contribution in [0.15, 0.2) is 91.1 Å². The summed E-state index contributed by atoms with van der Waals surface area (Å²) in [7, 11) is 1.69. The standard InChI is InChI=1S/C40H36N4O2.Pt/c1-25-19-30(44-27(3)39(26(2)42-44)28-11-9-8-10-12-28)22-33(20-25)46-32-13-15-34-35-23-31(45-7)14-16-36(35)43(37(34)24-32)38-21-29(17-18-41-38)40(4,5)6;/h8-21,23H,1-7H3;/q-2;+2. The predicted octanol–water partition coefficient (Wildman–Crippen LogP) is 9.65. The molecule has 0 amide bonds. The Bertz CT molecular complexity index is 2240. The number of benzene rings is 4. The number of hydrogen-bond donors (Lipinski definition) is 0. The van der Waals surface area contributed by atoms with Gasteiger partial charge in [-0.15, -0.1) is 35.7 Å². The van der Waals surface area contributed by atoms with Crippen molar-refractivity contribution in [1.29, 1.82) is 0 Å². The molecule has 0 atom stereocenters. The van der Waals surface area contributed by atoms with E-state index in [1.54, 1.807) is 7.11 Å². The minimum Gasteiger partial charge on any atom is -0.509 e. The first-order valence-corrected chi connectivity index (χ1v) is 15.5. The van der Waals surface area contributed by atoms with E-state index in [9.17, 15) is 0 Å². The van der Waals surface area contributed by atoms with Crippen LogP contribution in [0.5, 0.6) is 17.2 Å². The molecule has 0 bridgehead atoms. The molecule has 0 saturated carbocycles. The Morgan fingerprint density at radius 3 is 2.32 bits per heavy atom. The number of aromatic nitrogens is 4. The summed E-state index contributed by atoms with van der Waals surface area (Å²) in [5.74, 6) is 2.80. The molecule has 0 aliphatic rings. The number of hydrogen-bond acceptors (Lipinski definition) is 4. The molecule has 6 nitrogen and oxygen atoms in total. The van der Waals surface area contributed by atoms with Crippen molar-refractivity contribution in [2.75, 3.05) is 7.11 Å². The molecule has 7 aromatic rings. The van der Waals surface area contributed by atoms with Crippen LogP contribution < -0.4 is 9.47 Å². The van der Waals surface area contributed by atoms with Crippen molar-refractivity contribution in [3.63, 3.8) is 0 Å². The minimum atomic E-state index is -0.0241. The van der Waals surface area contributed by atoms with E-state index in [4.69, 9.17) is 19.6 Å². The zero-order valence-electron chi connectivity index (χ0n) is 27.6. The molecule has 3 heterocycles. The average molecular weight is 800 g/mol. The van der Waals surface area contributed by atoms with Crippen molar-refractivity contribution in [3.05, 3.63) is 126 Å². The summed E-state index contributed by atoms with van der Waals surface area (Å²) in [6.45, 7) is 12.8. The van der Waals surface area contributed by atoms with Gasteiger partial charge in [0.25, 0.3) is 0 Å². The van der Waals surface area contributed by atoms with Gasteiger partial charge in [-0.25, -0.2) is 4.98 Å². The van der Waals surface area contributed by atoms with Gasteiger partial charge < -0.3 is 14.0 Å². The first-order valence-electron chi connectivity index (χ1n) is 15.5. The molecule has 3 aromatic heterocycles. The van der Waals surface area contributed by atoms with E-state index >= 15 is 0 Å². The third-order valence-corrected chi connectivity index (χ3v) is 8.47. The Kier molecular flexibility index (Phi) is 8.58. The Hall–Kier alpha value is -4.67. The number of rotatable bonds is 6. The van der Waals surface area contributed by atoms with Crippen molar-refractivity contribution >= 4 is 21.8 Å². The van der Waals surface area contributed by atoms with Gasteiger partial charge in [-0.05, 0) is 71.8 Å². The van der Waals surface area contributed by atoms with Gasteiger partial charge in [0.05, 0.1) is 12.8 Å². The van der Waals surface area contributed by atoms with Crippen LogP contribution in [0.3, 0.4) is 0 Å². The van der Waals surface area contributed by atoms with E-state index in [0.717, 1.165) is 67.1 Å². The van der Waals surface area contributed by atoms with Gasteiger partial charge in [0.2, 0.25) is 0 Å². The van der Waals surface area contributed by atoms with E-state index in [0.29, 0.717) is 11.5 Å². The Morgan fingerprint density at radius 2 is 1.57 bits per heavy atom. The summed E-state index contributed by atoms with van der Waals surface area (Å²) in [5, 5.41) is 6.99. The van der Waals surface area contributed by atoms with Crippen LogP contribution in [-0.2, 0) is 26.5 Å². The van der Waals surface area contributed by atoms with E-state index in [2.05, 4.69) is 112 Å². The molecule has 0 aliphatic carbocycles. The molecule has 7 heteroatoms. The van der Waals surface area contributed by atoms with Crippen molar-refractivity contribution < 1.29 is 30.5 Å². The summed E-state index contributed by atoms with van der Waals surface area (Å²) >= 11 is 0. The van der Waals surface area contributed by atoms with E-state index in [-0.39, 0.29) is 26.5 Å². The molecule has 7 rings (SSSR count). The molecule has 0 saturated heterocycles. The summed E-state index contributed by atoms with van der Waals surface area (Å²) in [6, 6.07) is 35.9. The predicted molar refractivity (Wildman–Crippen MR) is 185 cm³/mol. The molecule has 0 fully saturated rings. The van der Waals surface area contributed by atoms with E-state index in [1.165, 1.54) is 5.56 Å². The molecule has 4 aromatic carbocycles. The fourth-order valence-corrected chi connectivity index (χ4v) is 6.19. The van der Waals surface area contributed by atoms with Crippen LogP contribution in [0.2, 0.25) is 0 Å². The number of aryl methyl sites for hydroxylation is 2. The van der Waals surface area contributed by atoms with Gasteiger partial charge in [0.15, 0.2) is 0 Å². The SMILES string of the molecule is COc1ccc2c(c1)c1ccc(Oc3[c-]c(-n4nc(C)c(-c5ccccc5)c4C)cc(C)c3)[c-]c1n2-c1cc(C(C)(C)C)ccn1.[Pt+2].